The van der Waals surface area contributed by atoms with Crippen molar-refractivity contribution in [2.45, 2.75) is 57.9 Å². The van der Waals surface area contributed by atoms with E-state index >= 15 is 0 Å². The van der Waals surface area contributed by atoms with Crippen molar-refractivity contribution < 1.29 is 14.0 Å². The van der Waals surface area contributed by atoms with E-state index < -0.39 is 0 Å². The summed E-state index contributed by atoms with van der Waals surface area (Å²) in [5.74, 6) is 0.943. The number of anilines is 1. The number of aromatic nitrogens is 2. The standard InChI is InChI=1S/C28H34FN5O2/c1-18-4-3-5-19(2)27(18)32-25(35)17-34(22-7-8-22)15-12-26(36)33-13-10-20(11-14-33)28-30-23-9-6-21(29)16-24(23)31-28/h3-6,9,16,20,22H,7-8,10-15,17H2,1-2H3,(H,30,31)(H,32,35). The zero-order valence-corrected chi connectivity index (χ0v) is 21.0. The Hall–Kier alpha value is -3.26. The van der Waals surface area contributed by atoms with Gasteiger partial charge in [0.1, 0.15) is 11.6 Å². The van der Waals surface area contributed by atoms with Crippen LogP contribution in [0.2, 0.25) is 0 Å². The molecule has 36 heavy (non-hydrogen) atoms. The minimum atomic E-state index is -0.277. The highest BCUT2D eigenvalue weighted by Crippen LogP contribution is 2.30. The predicted octanol–water partition coefficient (Wildman–Crippen LogP) is 4.52. The van der Waals surface area contributed by atoms with Crippen molar-refractivity contribution in [3.05, 3.63) is 59.2 Å². The average molecular weight is 492 g/mol. The maximum atomic E-state index is 13.5. The summed E-state index contributed by atoms with van der Waals surface area (Å²) in [6.07, 6.45) is 4.24. The van der Waals surface area contributed by atoms with E-state index in [1.807, 2.05) is 36.9 Å². The van der Waals surface area contributed by atoms with Gasteiger partial charge in [-0.25, -0.2) is 9.37 Å². The third-order valence-corrected chi connectivity index (χ3v) is 7.46. The third kappa shape index (κ3) is 5.59. The second-order valence-corrected chi connectivity index (χ2v) is 10.2. The minimum Gasteiger partial charge on any atom is -0.343 e. The molecular formula is C28H34FN5O2. The Labute approximate surface area is 211 Å². The monoisotopic (exact) mass is 491 g/mol. The summed E-state index contributed by atoms with van der Waals surface area (Å²) in [5.41, 5.74) is 4.47. The molecule has 1 aliphatic heterocycles. The van der Waals surface area contributed by atoms with Gasteiger partial charge >= 0.3 is 0 Å². The number of carbonyl (C=O) groups excluding carboxylic acids is 2. The predicted molar refractivity (Wildman–Crippen MR) is 138 cm³/mol. The maximum absolute atomic E-state index is 13.5. The largest absolute Gasteiger partial charge is 0.343 e. The maximum Gasteiger partial charge on any atom is 0.238 e. The zero-order chi connectivity index (χ0) is 25.2. The van der Waals surface area contributed by atoms with Crippen LogP contribution < -0.4 is 5.32 Å². The molecule has 190 valence electrons. The molecule has 2 aliphatic rings. The zero-order valence-electron chi connectivity index (χ0n) is 21.0. The number of amides is 2. The van der Waals surface area contributed by atoms with E-state index in [1.165, 1.54) is 12.1 Å². The third-order valence-electron chi connectivity index (χ3n) is 7.46. The Kier molecular flexibility index (Phi) is 7.05. The lowest BCUT2D eigenvalue weighted by Crippen LogP contribution is -2.41. The molecule has 0 radical (unpaired) electrons. The molecule has 1 aromatic heterocycles. The number of fused-ring (bicyclic) bond motifs is 1. The second-order valence-electron chi connectivity index (χ2n) is 10.2. The van der Waals surface area contributed by atoms with Crippen LogP contribution in [0.15, 0.2) is 36.4 Å². The fourth-order valence-electron chi connectivity index (χ4n) is 5.20. The van der Waals surface area contributed by atoms with Crippen molar-refractivity contribution in [1.29, 1.82) is 0 Å². The number of H-pyrrole nitrogens is 1. The quantitative estimate of drug-likeness (QED) is 0.486. The van der Waals surface area contributed by atoms with Gasteiger partial charge in [0.2, 0.25) is 11.8 Å². The van der Waals surface area contributed by atoms with Gasteiger partial charge in [0, 0.05) is 43.7 Å². The molecule has 0 unspecified atom stereocenters. The molecular weight excluding hydrogens is 457 g/mol. The van der Waals surface area contributed by atoms with Crippen molar-refractivity contribution in [2.24, 2.45) is 0 Å². The van der Waals surface area contributed by atoms with Gasteiger partial charge in [-0.05, 0) is 68.9 Å². The molecule has 1 saturated heterocycles. The lowest BCUT2D eigenvalue weighted by atomic mass is 9.96. The molecule has 2 fully saturated rings. The summed E-state index contributed by atoms with van der Waals surface area (Å²) in [6.45, 7) is 6.27. The Morgan fingerprint density at radius 1 is 1.11 bits per heavy atom. The fourth-order valence-corrected chi connectivity index (χ4v) is 5.20. The Morgan fingerprint density at radius 3 is 2.53 bits per heavy atom. The molecule has 2 aromatic carbocycles. The van der Waals surface area contributed by atoms with Crippen molar-refractivity contribution in [1.82, 2.24) is 19.8 Å². The number of hydrogen-bond acceptors (Lipinski definition) is 4. The van der Waals surface area contributed by atoms with Crippen LogP contribution in [-0.2, 0) is 9.59 Å². The van der Waals surface area contributed by atoms with Gasteiger partial charge in [0.15, 0.2) is 0 Å². The van der Waals surface area contributed by atoms with Crippen LogP contribution >= 0.6 is 0 Å². The number of aryl methyl sites for hydroxylation is 2. The van der Waals surface area contributed by atoms with E-state index in [-0.39, 0.29) is 23.5 Å². The molecule has 2 amide bonds. The van der Waals surface area contributed by atoms with Crippen molar-refractivity contribution in [3.63, 3.8) is 0 Å². The number of nitrogens with one attached hydrogen (secondary N) is 2. The number of halogens is 1. The summed E-state index contributed by atoms with van der Waals surface area (Å²) >= 11 is 0. The topological polar surface area (TPSA) is 81.3 Å². The van der Waals surface area contributed by atoms with Crippen molar-refractivity contribution in [3.8, 4) is 0 Å². The van der Waals surface area contributed by atoms with Gasteiger partial charge in [-0.15, -0.1) is 0 Å². The van der Waals surface area contributed by atoms with E-state index in [9.17, 15) is 14.0 Å². The van der Waals surface area contributed by atoms with E-state index in [2.05, 4.69) is 20.2 Å². The summed E-state index contributed by atoms with van der Waals surface area (Å²) in [4.78, 5) is 37.7. The first-order valence-corrected chi connectivity index (χ1v) is 12.9. The molecule has 2 heterocycles. The number of rotatable bonds is 8. The Balaban J connectivity index is 1.11. The van der Waals surface area contributed by atoms with Gasteiger partial charge in [-0.1, -0.05) is 18.2 Å². The minimum absolute atomic E-state index is 0.0294. The molecule has 5 rings (SSSR count). The number of likely N-dealkylation sites (tertiary alicyclic amines) is 1. The van der Waals surface area contributed by atoms with Gasteiger partial charge in [-0.3, -0.25) is 14.5 Å². The number of nitrogens with zero attached hydrogens (tertiary/aromatic N) is 3. The van der Waals surface area contributed by atoms with Crippen LogP contribution in [0.4, 0.5) is 10.1 Å². The highest BCUT2D eigenvalue weighted by molar-refractivity contribution is 5.93. The number of para-hydroxylation sites is 1. The van der Waals surface area contributed by atoms with E-state index in [0.29, 0.717) is 44.2 Å². The van der Waals surface area contributed by atoms with Gasteiger partial charge < -0.3 is 15.2 Å². The highest BCUT2D eigenvalue weighted by atomic mass is 19.1. The first kappa shape index (κ1) is 24.4. The van der Waals surface area contributed by atoms with Crippen LogP contribution in [0.3, 0.4) is 0 Å². The number of carbonyl (C=O) groups is 2. The first-order chi connectivity index (χ1) is 17.4. The lowest BCUT2D eigenvalue weighted by Gasteiger charge is -2.32. The van der Waals surface area contributed by atoms with Crippen LogP contribution in [-0.4, -0.2) is 63.8 Å². The van der Waals surface area contributed by atoms with E-state index in [4.69, 9.17) is 0 Å². The van der Waals surface area contributed by atoms with Gasteiger partial charge in [0.25, 0.3) is 0 Å². The van der Waals surface area contributed by atoms with Crippen molar-refractivity contribution >= 4 is 28.5 Å². The SMILES string of the molecule is Cc1cccc(C)c1NC(=O)CN(CCC(=O)N1CCC(c2nc3ccc(F)cc3[nH]2)CC1)C1CC1. The number of imidazole rings is 1. The second kappa shape index (κ2) is 10.4. The summed E-state index contributed by atoms with van der Waals surface area (Å²) in [6, 6.07) is 11.0. The molecule has 0 atom stereocenters. The van der Waals surface area contributed by atoms with Crippen LogP contribution in [0, 0.1) is 19.7 Å². The molecule has 8 heteroatoms. The Bertz CT molecular complexity index is 1240. The van der Waals surface area contributed by atoms with Gasteiger partial charge in [0.05, 0.1) is 17.6 Å². The number of aromatic amines is 1. The van der Waals surface area contributed by atoms with Gasteiger partial charge in [-0.2, -0.15) is 0 Å². The Morgan fingerprint density at radius 2 is 1.83 bits per heavy atom. The molecule has 0 spiro atoms. The highest BCUT2D eigenvalue weighted by Gasteiger charge is 2.32. The van der Waals surface area contributed by atoms with Crippen molar-refractivity contribution in [2.75, 3.05) is 31.5 Å². The van der Waals surface area contributed by atoms with Crippen LogP contribution in [0.25, 0.3) is 11.0 Å². The summed E-state index contributed by atoms with van der Waals surface area (Å²) in [5, 5.41) is 3.07. The fraction of sp³-hybridized carbons (Fsp3) is 0.464. The van der Waals surface area contributed by atoms with Crippen LogP contribution in [0.5, 0.6) is 0 Å². The summed E-state index contributed by atoms with van der Waals surface area (Å²) < 4.78 is 13.5. The lowest BCUT2D eigenvalue weighted by molar-refractivity contribution is -0.133. The van der Waals surface area contributed by atoms with Crippen LogP contribution in [0.1, 0.15) is 55.0 Å². The molecule has 3 aromatic rings. The number of piperidine rings is 1. The smallest absolute Gasteiger partial charge is 0.238 e. The molecule has 1 saturated carbocycles. The molecule has 1 aliphatic carbocycles. The van der Waals surface area contributed by atoms with E-state index in [1.54, 1.807) is 6.07 Å². The number of hydrogen-bond donors (Lipinski definition) is 2. The molecule has 2 N–H and O–H groups in total. The average Bonchev–Trinajstić information content (AvgIpc) is 3.63. The summed E-state index contributed by atoms with van der Waals surface area (Å²) in [7, 11) is 0. The first-order valence-electron chi connectivity index (χ1n) is 12.9. The molecule has 7 nitrogen and oxygen atoms in total. The number of benzene rings is 2. The molecule has 0 bridgehead atoms. The normalized spacial score (nSPS) is 16.6. The van der Waals surface area contributed by atoms with E-state index in [0.717, 1.165) is 53.8 Å².